The van der Waals surface area contributed by atoms with Gasteiger partial charge in [0.2, 0.25) is 0 Å². The van der Waals surface area contributed by atoms with Crippen LogP contribution in [-0.4, -0.2) is 11.5 Å². The van der Waals surface area contributed by atoms with Gasteiger partial charge in [-0.2, -0.15) is 0 Å². The zero-order valence-electron chi connectivity index (χ0n) is 11.8. The summed E-state index contributed by atoms with van der Waals surface area (Å²) in [6.45, 7) is 5.70. The van der Waals surface area contributed by atoms with Crippen molar-refractivity contribution in [2.45, 2.75) is 39.2 Å². The summed E-state index contributed by atoms with van der Waals surface area (Å²) in [7, 11) is 0. The number of rotatable bonds is 5. The summed E-state index contributed by atoms with van der Waals surface area (Å²) in [5.41, 5.74) is 2.95. The molecule has 0 saturated heterocycles. The molecule has 0 aliphatic heterocycles. The van der Waals surface area contributed by atoms with Crippen molar-refractivity contribution >= 4 is 10.9 Å². The van der Waals surface area contributed by atoms with Crippen LogP contribution in [0.5, 0.6) is 0 Å². The number of aromatic nitrogens is 1. The van der Waals surface area contributed by atoms with Gasteiger partial charge in [0.05, 0.1) is 5.52 Å². The van der Waals surface area contributed by atoms with Crippen molar-refractivity contribution in [3.05, 3.63) is 42.1 Å². The van der Waals surface area contributed by atoms with Crippen LogP contribution in [0.1, 0.15) is 44.7 Å². The smallest absolute Gasteiger partial charge is 0.0705 e. The third-order valence-corrected chi connectivity index (χ3v) is 4.32. The first-order valence-corrected chi connectivity index (χ1v) is 7.31. The zero-order valence-corrected chi connectivity index (χ0v) is 11.8. The van der Waals surface area contributed by atoms with E-state index < -0.39 is 0 Å². The quantitative estimate of drug-likeness (QED) is 0.869. The van der Waals surface area contributed by atoms with Crippen LogP contribution >= 0.6 is 0 Å². The maximum Gasteiger partial charge on any atom is 0.0705 e. The zero-order chi connectivity index (χ0) is 13.3. The van der Waals surface area contributed by atoms with Gasteiger partial charge in [-0.3, -0.25) is 4.98 Å². The number of pyridine rings is 1. The van der Waals surface area contributed by atoms with Gasteiger partial charge in [0.15, 0.2) is 0 Å². The van der Waals surface area contributed by atoms with Crippen LogP contribution in [0.15, 0.2) is 36.5 Å². The van der Waals surface area contributed by atoms with Crippen LogP contribution in [0, 0.1) is 5.41 Å². The molecule has 100 valence electrons. The molecule has 1 aliphatic carbocycles. The third kappa shape index (κ3) is 2.37. The standard InChI is InChI=1S/C17H22N2/c1-3-11-19-16(17(2)9-10-17)14-6-4-8-15-13(14)7-5-12-18-15/h4-8,12,16,19H,3,9-11H2,1-2H3. The van der Waals surface area contributed by atoms with Crippen LogP contribution in [0.25, 0.3) is 10.9 Å². The van der Waals surface area contributed by atoms with Crippen molar-refractivity contribution in [2.75, 3.05) is 6.54 Å². The minimum Gasteiger partial charge on any atom is -0.309 e. The summed E-state index contributed by atoms with van der Waals surface area (Å²) in [6.07, 6.45) is 5.70. The van der Waals surface area contributed by atoms with Crippen LogP contribution in [0.4, 0.5) is 0 Å². The molecular weight excluding hydrogens is 232 g/mol. The summed E-state index contributed by atoms with van der Waals surface area (Å²) in [4.78, 5) is 4.48. The van der Waals surface area contributed by atoms with E-state index in [-0.39, 0.29) is 0 Å². The van der Waals surface area contributed by atoms with E-state index in [1.54, 1.807) is 0 Å². The van der Waals surface area contributed by atoms with Crippen molar-refractivity contribution < 1.29 is 0 Å². The van der Waals surface area contributed by atoms with Gasteiger partial charge in [0.25, 0.3) is 0 Å². The maximum absolute atomic E-state index is 4.48. The maximum atomic E-state index is 4.48. The molecule has 2 nitrogen and oxygen atoms in total. The van der Waals surface area contributed by atoms with E-state index >= 15 is 0 Å². The van der Waals surface area contributed by atoms with Gasteiger partial charge in [-0.25, -0.2) is 0 Å². The largest absolute Gasteiger partial charge is 0.309 e. The minimum absolute atomic E-state index is 0.430. The molecule has 0 amide bonds. The van der Waals surface area contributed by atoms with E-state index in [0.29, 0.717) is 11.5 Å². The summed E-state index contributed by atoms with van der Waals surface area (Å²) in [6, 6.07) is 11.2. The number of nitrogens with one attached hydrogen (secondary N) is 1. The monoisotopic (exact) mass is 254 g/mol. The number of benzene rings is 1. The lowest BCUT2D eigenvalue weighted by Gasteiger charge is -2.26. The van der Waals surface area contributed by atoms with Crippen molar-refractivity contribution in [1.29, 1.82) is 0 Å². The normalized spacial score (nSPS) is 18.4. The van der Waals surface area contributed by atoms with Gasteiger partial charge in [0.1, 0.15) is 0 Å². The lowest BCUT2D eigenvalue weighted by Crippen LogP contribution is -2.28. The van der Waals surface area contributed by atoms with Crippen molar-refractivity contribution in [3.63, 3.8) is 0 Å². The molecule has 0 bridgehead atoms. The van der Waals surface area contributed by atoms with Gasteiger partial charge < -0.3 is 5.32 Å². The van der Waals surface area contributed by atoms with E-state index in [9.17, 15) is 0 Å². The Bertz CT molecular complexity index is 567. The molecule has 0 radical (unpaired) electrons. The number of fused-ring (bicyclic) bond motifs is 1. The Balaban J connectivity index is 2.04. The first kappa shape index (κ1) is 12.6. The van der Waals surface area contributed by atoms with E-state index in [1.165, 1.54) is 30.2 Å². The highest BCUT2D eigenvalue weighted by Gasteiger charge is 2.45. The van der Waals surface area contributed by atoms with Crippen molar-refractivity contribution in [3.8, 4) is 0 Å². The first-order chi connectivity index (χ1) is 9.24. The molecule has 1 aromatic carbocycles. The predicted molar refractivity (Wildman–Crippen MR) is 80.1 cm³/mol. The Hall–Kier alpha value is -1.41. The second kappa shape index (κ2) is 4.93. The average Bonchev–Trinajstić information content (AvgIpc) is 3.18. The SMILES string of the molecule is CCCNC(c1cccc2ncccc12)C1(C)CC1. The second-order valence-corrected chi connectivity index (χ2v) is 5.96. The van der Waals surface area contributed by atoms with Gasteiger partial charge in [-0.1, -0.05) is 32.0 Å². The number of hydrogen-bond donors (Lipinski definition) is 1. The molecule has 3 rings (SSSR count). The highest BCUT2D eigenvalue weighted by atomic mass is 14.9. The molecule has 1 aliphatic rings. The van der Waals surface area contributed by atoms with Gasteiger partial charge in [-0.15, -0.1) is 0 Å². The highest BCUT2D eigenvalue weighted by Crippen LogP contribution is 2.55. The van der Waals surface area contributed by atoms with Crippen LogP contribution in [-0.2, 0) is 0 Å². The molecule has 1 aromatic heterocycles. The molecule has 1 saturated carbocycles. The molecule has 19 heavy (non-hydrogen) atoms. The summed E-state index contributed by atoms with van der Waals surface area (Å²) in [5.74, 6) is 0. The van der Waals surface area contributed by atoms with Crippen molar-refractivity contribution in [2.24, 2.45) is 5.41 Å². The van der Waals surface area contributed by atoms with Crippen LogP contribution in [0.2, 0.25) is 0 Å². The highest BCUT2D eigenvalue weighted by molar-refractivity contribution is 5.82. The fourth-order valence-electron chi connectivity index (χ4n) is 2.89. The lowest BCUT2D eigenvalue weighted by molar-refractivity contribution is 0.369. The average molecular weight is 254 g/mol. The summed E-state index contributed by atoms with van der Waals surface area (Å²) in [5, 5.41) is 5.05. The van der Waals surface area contributed by atoms with E-state index in [2.05, 4.69) is 48.4 Å². The van der Waals surface area contributed by atoms with E-state index in [0.717, 1.165) is 12.1 Å². The fraction of sp³-hybridized carbons (Fsp3) is 0.471. The Morgan fingerprint density at radius 2 is 2.11 bits per heavy atom. The Morgan fingerprint density at radius 1 is 1.26 bits per heavy atom. The molecule has 2 aromatic rings. The third-order valence-electron chi connectivity index (χ3n) is 4.32. The van der Waals surface area contributed by atoms with E-state index in [1.807, 2.05) is 12.3 Å². The predicted octanol–water partition coefficient (Wildman–Crippen LogP) is 4.08. The lowest BCUT2D eigenvalue weighted by atomic mass is 9.89. The minimum atomic E-state index is 0.430. The molecule has 0 spiro atoms. The van der Waals surface area contributed by atoms with Gasteiger partial charge in [0, 0.05) is 17.6 Å². The molecule has 1 heterocycles. The topological polar surface area (TPSA) is 24.9 Å². The Morgan fingerprint density at radius 3 is 2.84 bits per heavy atom. The Labute approximate surface area is 115 Å². The van der Waals surface area contributed by atoms with Crippen molar-refractivity contribution in [1.82, 2.24) is 10.3 Å². The first-order valence-electron chi connectivity index (χ1n) is 7.31. The summed E-state index contributed by atoms with van der Waals surface area (Å²) >= 11 is 0. The van der Waals surface area contributed by atoms with Crippen LogP contribution in [0.3, 0.4) is 0 Å². The number of nitrogens with zero attached hydrogens (tertiary/aromatic N) is 1. The molecule has 1 fully saturated rings. The number of hydrogen-bond acceptors (Lipinski definition) is 2. The summed E-state index contributed by atoms with van der Waals surface area (Å²) < 4.78 is 0. The van der Waals surface area contributed by atoms with Gasteiger partial charge >= 0.3 is 0 Å². The molecule has 1 N–H and O–H groups in total. The Kier molecular flexibility index (Phi) is 3.28. The molecular formula is C17H22N2. The van der Waals surface area contributed by atoms with Gasteiger partial charge in [-0.05, 0) is 48.9 Å². The molecule has 1 atom stereocenters. The van der Waals surface area contributed by atoms with E-state index in [4.69, 9.17) is 0 Å². The molecule has 1 unspecified atom stereocenters. The fourth-order valence-corrected chi connectivity index (χ4v) is 2.89. The molecule has 2 heteroatoms. The van der Waals surface area contributed by atoms with Crippen LogP contribution < -0.4 is 5.32 Å². The second-order valence-electron chi connectivity index (χ2n) is 5.96.